The highest BCUT2D eigenvalue weighted by Crippen LogP contribution is 2.41. The van der Waals surface area contributed by atoms with Crippen molar-refractivity contribution in [3.63, 3.8) is 0 Å². The average molecular weight is 271 g/mol. The molecule has 0 aliphatic heterocycles. The van der Waals surface area contributed by atoms with Gasteiger partial charge < -0.3 is 10.3 Å². The quantitative estimate of drug-likeness (QED) is 0.925. The minimum atomic E-state index is 0.0944. The molecule has 3 nitrogen and oxygen atoms in total. The van der Waals surface area contributed by atoms with Gasteiger partial charge in [-0.2, -0.15) is 0 Å². The molecule has 3 heteroatoms. The SMILES string of the molecule is Cc1ccc2c(c1)nc(C1(CN)CCCC1)n2C(C)C. The molecule has 0 bridgehead atoms. The number of rotatable bonds is 3. The lowest BCUT2D eigenvalue weighted by atomic mass is 9.85. The van der Waals surface area contributed by atoms with Crippen molar-refractivity contribution in [2.24, 2.45) is 5.73 Å². The van der Waals surface area contributed by atoms with Gasteiger partial charge in [0.05, 0.1) is 11.0 Å². The number of hydrogen-bond donors (Lipinski definition) is 1. The number of fused-ring (bicyclic) bond motifs is 1. The molecule has 0 atom stereocenters. The summed E-state index contributed by atoms with van der Waals surface area (Å²) in [6.07, 6.45) is 4.91. The van der Waals surface area contributed by atoms with Gasteiger partial charge in [0.15, 0.2) is 0 Å². The van der Waals surface area contributed by atoms with Crippen LogP contribution in [0.15, 0.2) is 18.2 Å². The average Bonchev–Trinajstić information content (AvgIpc) is 3.02. The van der Waals surface area contributed by atoms with Crippen LogP contribution in [0.25, 0.3) is 11.0 Å². The van der Waals surface area contributed by atoms with Crippen LogP contribution in [0.1, 0.15) is 57.0 Å². The molecular weight excluding hydrogens is 246 g/mol. The first-order chi connectivity index (χ1) is 9.57. The second kappa shape index (κ2) is 4.88. The summed E-state index contributed by atoms with van der Waals surface area (Å²) in [5.74, 6) is 1.22. The highest BCUT2D eigenvalue weighted by atomic mass is 15.1. The summed E-state index contributed by atoms with van der Waals surface area (Å²) in [5, 5.41) is 0. The summed E-state index contributed by atoms with van der Waals surface area (Å²) < 4.78 is 2.41. The number of aromatic nitrogens is 2. The number of nitrogens with zero attached hydrogens (tertiary/aromatic N) is 2. The molecule has 1 aromatic heterocycles. The second-order valence-electron chi connectivity index (χ2n) is 6.58. The molecule has 1 aromatic carbocycles. The monoisotopic (exact) mass is 271 g/mol. The third kappa shape index (κ3) is 1.96. The predicted molar refractivity (Wildman–Crippen MR) is 84.1 cm³/mol. The summed E-state index contributed by atoms with van der Waals surface area (Å²) in [4.78, 5) is 5.00. The molecule has 0 saturated heterocycles. The Hall–Kier alpha value is -1.35. The summed E-state index contributed by atoms with van der Waals surface area (Å²) >= 11 is 0. The fourth-order valence-electron chi connectivity index (χ4n) is 3.68. The van der Waals surface area contributed by atoms with E-state index in [1.807, 2.05) is 0 Å². The first kappa shape index (κ1) is 13.6. The zero-order valence-corrected chi connectivity index (χ0v) is 12.8. The van der Waals surface area contributed by atoms with E-state index in [2.05, 4.69) is 43.5 Å². The van der Waals surface area contributed by atoms with Crippen LogP contribution in [0.3, 0.4) is 0 Å². The van der Waals surface area contributed by atoms with E-state index < -0.39 is 0 Å². The summed E-state index contributed by atoms with van der Waals surface area (Å²) in [7, 11) is 0. The van der Waals surface area contributed by atoms with Gasteiger partial charge in [0.2, 0.25) is 0 Å². The molecule has 0 amide bonds. The lowest BCUT2D eigenvalue weighted by Crippen LogP contribution is -2.35. The Labute approximate surface area is 121 Å². The van der Waals surface area contributed by atoms with Gasteiger partial charge in [0, 0.05) is 18.0 Å². The van der Waals surface area contributed by atoms with Crippen molar-refractivity contribution in [3.05, 3.63) is 29.6 Å². The molecular formula is C17H25N3. The Kier molecular flexibility index (Phi) is 3.33. The van der Waals surface area contributed by atoms with Crippen molar-refractivity contribution in [2.45, 2.75) is 57.9 Å². The molecule has 0 unspecified atom stereocenters. The van der Waals surface area contributed by atoms with Gasteiger partial charge in [-0.25, -0.2) is 4.98 Å². The van der Waals surface area contributed by atoms with Crippen LogP contribution < -0.4 is 5.73 Å². The minimum absolute atomic E-state index is 0.0944. The van der Waals surface area contributed by atoms with Gasteiger partial charge in [0.25, 0.3) is 0 Å². The van der Waals surface area contributed by atoms with Crippen LogP contribution in [0.2, 0.25) is 0 Å². The van der Waals surface area contributed by atoms with Gasteiger partial charge >= 0.3 is 0 Å². The molecule has 2 aromatic rings. The van der Waals surface area contributed by atoms with E-state index in [4.69, 9.17) is 10.7 Å². The van der Waals surface area contributed by atoms with Crippen molar-refractivity contribution in [1.29, 1.82) is 0 Å². The molecule has 3 rings (SSSR count). The van der Waals surface area contributed by atoms with Crippen molar-refractivity contribution < 1.29 is 0 Å². The summed E-state index contributed by atoms with van der Waals surface area (Å²) in [5.41, 5.74) is 9.90. The van der Waals surface area contributed by atoms with Crippen LogP contribution in [0, 0.1) is 6.92 Å². The molecule has 1 saturated carbocycles. The van der Waals surface area contributed by atoms with E-state index in [1.165, 1.54) is 42.6 Å². The zero-order valence-electron chi connectivity index (χ0n) is 12.8. The van der Waals surface area contributed by atoms with E-state index in [1.54, 1.807) is 0 Å². The first-order valence-corrected chi connectivity index (χ1v) is 7.76. The molecule has 0 radical (unpaired) electrons. The highest BCUT2D eigenvalue weighted by molar-refractivity contribution is 5.77. The largest absolute Gasteiger partial charge is 0.329 e. The normalized spacial score (nSPS) is 18.2. The second-order valence-corrected chi connectivity index (χ2v) is 6.58. The maximum Gasteiger partial charge on any atom is 0.117 e. The highest BCUT2D eigenvalue weighted by Gasteiger charge is 2.39. The summed E-state index contributed by atoms with van der Waals surface area (Å²) in [6, 6.07) is 7.00. The topological polar surface area (TPSA) is 43.8 Å². The Morgan fingerprint density at radius 2 is 2.00 bits per heavy atom. The lowest BCUT2D eigenvalue weighted by molar-refractivity contribution is 0.393. The van der Waals surface area contributed by atoms with E-state index in [0.29, 0.717) is 12.6 Å². The van der Waals surface area contributed by atoms with Gasteiger partial charge in [0.1, 0.15) is 5.82 Å². The van der Waals surface area contributed by atoms with E-state index >= 15 is 0 Å². The molecule has 20 heavy (non-hydrogen) atoms. The van der Waals surface area contributed by atoms with Crippen LogP contribution >= 0.6 is 0 Å². The van der Waals surface area contributed by atoms with Gasteiger partial charge in [-0.15, -0.1) is 0 Å². The van der Waals surface area contributed by atoms with Crippen LogP contribution in [0.5, 0.6) is 0 Å². The van der Waals surface area contributed by atoms with E-state index in [9.17, 15) is 0 Å². The maximum atomic E-state index is 6.17. The Morgan fingerprint density at radius 1 is 1.30 bits per heavy atom. The molecule has 1 heterocycles. The Morgan fingerprint density at radius 3 is 2.60 bits per heavy atom. The number of imidazole rings is 1. The molecule has 2 N–H and O–H groups in total. The van der Waals surface area contributed by atoms with Gasteiger partial charge in [-0.3, -0.25) is 0 Å². The number of aryl methyl sites for hydroxylation is 1. The van der Waals surface area contributed by atoms with Crippen molar-refractivity contribution in [3.8, 4) is 0 Å². The Bertz CT molecular complexity index is 618. The lowest BCUT2D eigenvalue weighted by Gasteiger charge is -2.29. The van der Waals surface area contributed by atoms with Crippen LogP contribution in [-0.2, 0) is 5.41 Å². The minimum Gasteiger partial charge on any atom is -0.329 e. The van der Waals surface area contributed by atoms with E-state index in [0.717, 1.165) is 5.52 Å². The Balaban J connectivity index is 2.26. The van der Waals surface area contributed by atoms with Crippen LogP contribution in [0.4, 0.5) is 0 Å². The zero-order chi connectivity index (χ0) is 14.3. The van der Waals surface area contributed by atoms with Crippen molar-refractivity contribution in [2.75, 3.05) is 6.54 Å². The smallest absolute Gasteiger partial charge is 0.117 e. The maximum absolute atomic E-state index is 6.17. The van der Waals surface area contributed by atoms with E-state index in [-0.39, 0.29) is 5.41 Å². The number of benzene rings is 1. The van der Waals surface area contributed by atoms with Gasteiger partial charge in [-0.1, -0.05) is 18.9 Å². The van der Waals surface area contributed by atoms with Crippen molar-refractivity contribution >= 4 is 11.0 Å². The van der Waals surface area contributed by atoms with Crippen molar-refractivity contribution in [1.82, 2.24) is 9.55 Å². The summed E-state index contributed by atoms with van der Waals surface area (Å²) in [6.45, 7) is 7.32. The molecule has 1 fully saturated rings. The standard InChI is InChI=1S/C17H25N3/c1-12(2)20-15-7-6-13(3)10-14(15)19-16(20)17(11-18)8-4-5-9-17/h6-7,10,12H,4-5,8-9,11,18H2,1-3H3. The predicted octanol–water partition coefficient (Wildman–Crippen LogP) is 3.70. The number of nitrogens with two attached hydrogens (primary N) is 1. The fourth-order valence-corrected chi connectivity index (χ4v) is 3.68. The molecule has 1 aliphatic carbocycles. The molecule has 1 aliphatic rings. The number of hydrogen-bond acceptors (Lipinski definition) is 2. The first-order valence-electron chi connectivity index (χ1n) is 7.76. The fraction of sp³-hybridized carbons (Fsp3) is 0.588. The molecule has 108 valence electrons. The molecule has 0 spiro atoms. The third-order valence-corrected chi connectivity index (χ3v) is 4.79. The van der Waals surface area contributed by atoms with Gasteiger partial charge in [-0.05, 0) is 51.3 Å². The van der Waals surface area contributed by atoms with Crippen LogP contribution in [-0.4, -0.2) is 16.1 Å². The third-order valence-electron chi connectivity index (χ3n) is 4.79.